The van der Waals surface area contributed by atoms with Crippen molar-refractivity contribution in [2.75, 3.05) is 38.0 Å². The number of aliphatic hydroxyl groups is 2. The van der Waals surface area contributed by atoms with Crippen molar-refractivity contribution in [3.8, 4) is 0 Å². The van der Waals surface area contributed by atoms with Crippen LogP contribution in [-0.4, -0.2) is 105 Å². The highest BCUT2D eigenvalue weighted by Crippen LogP contribution is 2.42. The number of nitrogens with two attached hydrogens (primary N) is 1. The van der Waals surface area contributed by atoms with Crippen LogP contribution in [0.5, 0.6) is 0 Å². The monoisotopic (exact) mass is 700 g/mol. The maximum absolute atomic E-state index is 14.5. The van der Waals surface area contributed by atoms with Crippen molar-refractivity contribution in [3.63, 3.8) is 0 Å². The van der Waals surface area contributed by atoms with Crippen molar-refractivity contribution in [2.24, 2.45) is 11.8 Å². The first-order valence-corrected chi connectivity index (χ1v) is 17.9. The molecule has 1 fully saturated rings. The van der Waals surface area contributed by atoms with E-state index in [0.717, 1.165) is 12.8 Å². The molecule has 272 valence electrons. The summed E-state index contributed by atoms with van der Waals surface area (Å²) in [5.74, 6) is -1.61. The summed E-state index contributed by atoms with van der Waals surface area (Å²) >= 11 is 0. The maximum Gasteiger partial charge on any atom is 0.342 e. The van der Waals surface area contributed by atoms with E-state index >= 15 is 0 Å². The summed E-state index contributed by atoms with van der Waals surface area (Å²) in [5, 5.41) is 32.1. The Balaban J connectivity index is 1.89. The third-order valence-corrected chi connectivity index (χ3v) is 10.1. The highest BCUT2D eigenvalue weighted by Gasteiger charge is 2.45. The van der Waals surface area contributed by atoms with Crippen molar-refractivity contribution in [3.05, 3.63) is 6.33 Å². The number of nitrogens with zero attached hydrogens (tertiary/aromatic N) is 4. The van der Waals surface area contributed by atoms with E-state index in [1.807, 2.05) is 0 Å². The highest BCUT2D eigenvalue weighted by molar-refractivity contribution is 7.54. The number of carbonyl (C=O) groups is 2. The standard InChI is InChI=1S/C30H53N8O9P/c1-10-45-27(40)21(16(3)4)36-48(43,37-22(17(5)6)28(41)46-11-2)47-14-20(44-9)24(39)30(8,42)18(7)38-15-32-23-25(33-19-12-13-19)34-29(31)35-26(23)38/h15-22,24,39,42H,10-14H2,1-9H3,(H2,36,37,43)(H3,31,33,34,35)/t18?,20?,21-,22-,24?,30?/m0/s1. The van der Waals surface area contributed by atoms with Gasteiger partial charge < -0.3 is 44.6 Å². The van der Waals surface area contributed by atoms with Gasteiger partial charge in [-0.15, -0.1) is 0 Å². The fraction of sp³-hybridized carbons (Fsp3) is 0.767. The largest absolute Gasteiger partial charge is 0.465 e. The van der Waals surface area contributed by atoms with Gasteiger partial charge in [0.25, 0.3) is 0 Å². The molecular formula is C30H53N8O9P. The lowest BCUT2D eigenvalue weighted by Crippen LogP contribution is -2.54. The molecule has 1 aliphatic rings. The fourth-order valence-electron chi connectivity index (χ4n) is 5.00. The number of rotatable bonds is 20. The molecule has 0 aliphatic heterocycles. The number of hydrogen-bond acceptors (Lipinski definition) is 14. The number of nitrogen functional groups attached to an aromatic ring is 1. The first-order valence-electron chi connectivity index (χ1n) is 16.3. The second kappa shape index (κ2) is 16.7. The van der Waals surface area contributed by atoms with Crippen LogP contribution < -0.4 is 21.2 Å². The summed E-state index contributed by atoms with van der Waals surface area (Å²) in [5.41, 5.74) is 4.91. The third-order valence-electron chi connectivity index (χ3n) is 8.33. The van der Waals surface area contributed by atoms with Crippen LogP contribution in [0.3, 0.4) is 0 Å². The van der Waals surface area contributed by atoms with E-state index in [9.17, 15) is 24.4 Å². The fourth-order valence-corrected chi connectivity index (χ4v) is 7.12. The molecule has 48 heavy (non-hydrogen) atoms. The average Bonchev–Trinajstić information content (AvgIpc) is 3.73. The molecule has 18 heteroatoms. The highest BCUT2D eigenvalue weighted by atomic mass is 31.2. The van der Waals surface area contributed by atoms with Gasteiger partial charge in [-0.05, 0) is 52.4 Å². The molecule has 2 aromatic heterocycles. The van der Waals surface area contributed by atoms with Gasteiger partial charge in [-0.25, -0.2) is 15.2 Å². The van der Waals surface area contributed by atoms with Crippen LogP contribution in [0.25, 0.3) is 11.2 Å². The van der Waals surface area contributed by atoms with E-state index in [1.165, 1.54) is 20.4 Å². The second-order valence-corrected chi connectivity index (χ2v) is 14.7. The van der Waals surface area contributed by atoms with Crippen LogP contribution >= 0.6 is 7.67 Å². The van der Waals surface area contributed by atoms with E-state index in [2.05, 4.69) is 30.4 Å². The van der Waals surface area contributed by atoms with Crippen LogP contribution in [-0.2, 0) is 32.9 Å². The van der Waals surface area contributed by atoms with Gasteiger partial charge in [-0.1, -0.05) is 27.7 Å². The quantitative estimate of drug-likeness (QED) is 0.0857. The number of fused-ring (bicyclic) bond motifs is 1. The normalized spacial score (nSPS) is 18.3. The summed E-state index contributed by atoms with van der Waals surface area (Å²) in [6.07, 6.45) is 0.615. The molecule has 7 N–H and O–H groups in total. The first kappa shape index (κ1) is 39.5. The van der Waals surface area contributed by atoms with Crippen LogP contribution in [0.2, 0.25) is 0 Å². The van der Waals surface area contributed by atoms with Gasteiger partial charge in [0.1, 0.15) is 29.9 Å². The van der Waals surface area contributed by atoms with Crippen molar-refractivity contribution >= 4 is 42.5 Å². The minimum Gasteiger partial charge on any atom is -0.465 e. The van der Waals surface area contributed by atoms with E-state index in [1.54, 1.807) is 53.0 Å². The van der Waals surface area contributed by atoms with Gasteiger partial charge >= 0.3 is 19.6 Å². The minimum atomic E-state index is -4.30. The lowest BCUT2D eigenvalue weighted by Gasteiger charge is -2.39. The number of ether oxygens (including phenoxy) is 3. The molecule has 0 amide bonds. The van der Waals surface area contributed by atoms with Gasteiger partial charge in [0.2, 0.25) is 5.95 Å². The number of aliphatic hydroxyl groups excluding tert-OH is 1. The molecule has 0 bridgehead atoms. The molecule has 2 heterocycles. The van der Waals surface area contributed by atoms with Crippen molar-refractivity contribution in [2.45, 2.75) is 110 Å². The summed E-state index contributed by atoms with van der Waals surface area (Å²) in [6.45, 7) is 12.9. The topological polar surface area (TPSA) is 234 Å². The predicted molar refractivity (Wildman–Crippen MR) is 179 cm³/mol. The SMILES string of the molecule is CCOC(=O)[C@@H](NP(=O)(N[C@H](C(=O)OCC)C(C)C)OCC(OC)C(O)C(C)(O)C(C)n1cnc2c(NC3CC3)nc(N)nc21)C(C)C. The number of aromatic nitrogens is 4. The van der Waals surface area contributed by atoms with Crippen molar-refractivity contribution < 1.29 is 43.1 Å². The average molecular weight is 701 g/mol. The van der Waals surface area contributed by atoms with Crippen molar-refractivity contribution in [1.82, 2.24) is 29.7 Å². The van der Waals surface area contributed by atoms with E-state index < -0.39 is 74.0 Å². The van der Waals surface area contributed by atoms with Gasteiger partial charge in [0.15, 0.2) is 17.0 Å². The minimum absolute atomic E-state index is 0.0174. The molecule has 17 nitrogen and oxygen atoms in total. The Morgan fingerprint density at radius 1 is 1.06 bits per heavy atom. The molecule has 3 rings (SSSR count). The number of esters is 2. The molecule has 4 unspecified atom stereocenters. The zero-order valence-electron chi connectivity index (χ0n) is 29.3. The van der Waals surface area contributed by atoms with Crippen LogP contribution in [0.15, 0.2) is 6.33 Å². The maximum atomic E-state index is 14.5. The molecule has 0 aromatic carbocycles. The Kier molecular flexibility index (Phi) is 13.7. The summed E-state index contributed by atoms with van der Waals surface area (Å²) in [6, 6.07) is -2.74. The molecule has 1 saturated carbocycles. The zero-order valence-corrected chi connectivity index (χ0v) is 30.2. The Morgan fingerprint density at radius 3 is 2.06 bits per heavy atom. The molecular weight excluding hydrogens is 647 g/mol. The van der Waals surface area contributed by atoms with Gasteiger partial charge in [-0.2, -0.15) is 9.97 Å². The summed E-state index contributed by atoms with van der Waals surface area (Å²) < 4.78 is 37.8. The number of carbonyl (C=O) groups excluding carboxylic acids is 2. The van der Waals surface area contributed by atoms with Gasteiger partial charge in [-0.3, -0.25) is 14.2 Å². The van der Waals surface area contributed by atoms with Crippen LogP contribution in [0.4, 0.5) is 11.8 Å². The molecule has 2 aromatic rings. The first-order chi connectivity index (χ1) is 22.5. The van der Waals surface area contributed by atoms with E-state index in [0.29, 0.717) is 17.0 Å². The Morgan fingerprint density at radius 2 is 1.60 bits per heavy atom. The Hall–Kier alpha value is -2.92. The van der Waals surface area contributed by atoms with E-state index in [4.69, 9.17) is 24.5 Å². The lowest BCUT2D eigenvalue weighted by molar-refractivity contribution is -0.152. The molecule has 6 atom stereocenters. The summed E-state index contributed by atoms with van der Waals surface area (Å²) in [7, 11) is -3.01. The molecule has 1 aliphatic carbocycles. The number of methoxy groups -OCH3 is 1. The lowest BCUT2D eigenvalue weighted by atomic mass is 9.88. The van der Waals surface area contributed by atoms with Crippen molar-refractivity contribution in [1.29, 1.82) is 0 Å². The zero-order chi connectivity index (χ0) is 36.0. The smallest absolute Gasteiger partial charge is 0.342 e. The number of hydrogen-bond donors (Lipinski definition) is 6. The number of imidazole rings is 1. The molecule has 0 spiro atoms. The summed E-state index contributed by atoms with van der Waals surface area (Å²) in [4.78, 5) is 38.7. The number of anilines is 2. The predicted octanol–water partition coefficient (Wildman–Crippen LogP) is 2.15. The third kappa shape index (κ3) is 9.61. The van der Waals surface area contributed by atoms with E-state index in [-0.39, 0.29) is 25.2 Å². The van der Waals surface area contributed by atoms with Gasteiger partial charge in [0.05, 0.1) is 32.2 Å². The molecule has 0 saturated heterocycles. The van der Waals surface area contributed by atoms with Gasteiger partial charge in [0, 0.05) is 13.2 Å². The molecule has 0 radical (unpaired) electrons. The second-order valence-electron chi connectivity index (χ2n) is 12.8. The van der Waals surface area contributed by atoms with Crippen LogP contribution in [0.1, 0.15) is 74.3 Å². The Labute approximate surface area is 281 Å². The van der Waals surface area contributed by atoms with Crippen LogP contribution in [0, 0.1) is 11.8 Å². The Bertz CT molecular complexity index is 1400. The number of nitrogens with one attached hydrogen (secondary N) is 3.